The van der Waals surface area contributed by atoms with Crippen molar-refractivity contribution in [2.45, 2.75) is 125 Å². The van der Waals surface area contributed by atoms with Crippen LogP contribution in [0.4, 0.5) is 0 Å². The molecule has 2 rings (SSSR count). The molecule has 0 unspecified atom stereocenters. The highest BCUT2D eigenvalue weighted by molar-refractivity contribution is 5.47. The Morgan fingerprint density at radius 3 is 0.935 bits per heavy atom. The average Bonchev–Trinajstić information content (AvgIpc) is 2.69. The van der Waals surface area contributed by atoms with Gasteiger partial charge in [0.15, 0.2) is 0 Å². The predicted molar refractivity (Wildman–Crippen MR) is 140 cm³/mol. The maximum Gasteiger partial charge on any atom is -0.00254 e. The van der Waals surface area contributed by atoms with Gasteiger partial charge in [0.05, 0.1) is 0 Å². The van der Waals surface area contributed by atoms with Gasteiger partial charge in [-0.2, -0.15) is 0 Å². The van der Waals surface area contributed by atoms with Gasteiger partial charge in [-0.15, -0.1) is 0 Å². The fourth-order valence-electron chi connectivity index (χ4n) is 5.14. The van der Waals surface area contributed by atoms with Crippen molar-refractivity contribution in [2.75, 3.05) is 0 Å². The third-order valence-electron chi connectivity index (χ3n) is 6.65. The van der Waals surface area contributed by atoms with Crippen molar-refractivity contribution in [1.29, 1.82) is 0 Å². The Kier molecular flexibility index (Phi) is 9.41. The molecule has 0 N–H and O–H groups in total. The highest BCUT2D eigenvalue weighted by Crippen LogP contribution is 2.34. The van der Waals surface area contributed by atoms with Crippen molar-refractivity contribution >= 4 is 0 Å². The van der Waals surface area contributed by atoms with Crippen molar-refractivity contribution < 1.29 is 0 Å². The Hall–Kier alpha value is -1.56. The third kappa shape index (κ3) is 6.24. The Labute approximate surface area is 193 Å². The summed E-state index contributed by atoms with van der Waals surface area (Å²) in [6.07, 6.45) is 5.86. The first-order valence-corrected chi connectivity index (χ1v) is 12.9. The zero-order chi connectivity index (χ0) is 23.3. The molecule has 0 amide bonds. The largest absolute Gasteiger partial charge is 0.0651 e. The van der Waals surface area contributed by atoms with Crippen LogP contribution in [0.15, 0.2) is 24.3 Å². The topological polar surface area (TPSA) is 0 Å². The van der Waals surface area contributed by atoms with E-state index in [1.54, 1.807) is 33.4 Å². The summed E-state index contributed by atoms with van der Waals surface area (Å²) in [4.78, 5) is 0. The molecule has 0 nitrogen and oxygen atoms in total. The lowest BCUT2D eigenvalue weighted by atomic mass is 9.82. The van der Waals surface area contributed by atoms with Gasteiger partial charge in [-0.25, -0.2) is 0 Å². The van der Waals surface area contributed by atoms with E-state index in [1.165, 1.54) is 36.8 Å². The van der Waals surface area contributed by atoms with Crippen LogP contribution in [0.25, 0.3) is 0 Å². The molecule has 0 bridgehead atoms. The Balaban J connectivity index is 2.62. The average molecular weight is 421 g/mol. The normalized spacial score (nSPS) is 12.1. The monoisotopic (exact) mass is 420 g/mol. The van der Waals surface area contributed by atoms with E-state index in [0.29, 0.717) is 23.7 Å². The molecular formula is C31H48. The van der Waals surface area contributed by atoms with Crippen LogP contribution in [0.2, 0.25) is 0 Å². The second kappa shape index (κ2) is 11.3. The standard InChI is InChI=1S/C31H48/c1-11-13-26-28(20(3)4)16-24(17-29(26)21(5)6)15-25-18-30(22(7)8)27(14-12-2)31(19-25)23(9)10/h16-23H,11-15H2,1-10H3. The molecule has 0 spiro atoms. The highest BCUT2D eigenvalue weighted by Gasteiger charge is 2.18. The van der Waals surface area contributed by atoms with E-state index in [-0.39, 0.29) is 0 Å². The second-order valence-corrected chi connectivity index (χ2v) is 10.8. The summed E-state index contributed by atoms with van der Waals surface area (Å²) >= 11 is 0. The van der Waals surface area contributed by atoms with E-state index in [9.17, 15) is 0 Å². The maximum atomic E-state index is 2.52. The van der Waals surface area contributed by atoms with Crippen LogP contribution in [-0.4, -0.2) is 0 Å². The second-order valence-electron chi connectivity index (χ2n) is 10.8. The molecule has 2 aromatic carbocycles. The van der Waals surface area contributed by atoms with Gasteiger partial charge in [-0.3, -0.25) is 0 Å². The van der Waals surface area contributed by atoms with Crippen molar-refractivity contribution in [1.82, 2.24) is 0 Å². The molecule has 0 fully saturated rings. The number of rotatable bonds is 10. The minimum atomic E-state index is 0.573. The van der Waals surface area contributed by atoms with E-state index in [2.05, 4.69) is 93.5 Å². The number of hydrogen-bond donors (Lipinski definition) is 0. The van der Waals surface area contributed by atoms with Crippen LogP contribution in [0.5, 0.6) is 0 Å². The summed E-state index contributed by atoms with van der Waals surface area (Å²) in [6, 6.07) is 10.1. The first kappa shape index (κ1) is 25.7. The number of hydrogen-bond acceptors (Lipinski definition) is 0. The molecule has 0 aliphatic rings. The van der Waals surface area contributed by atoms with E-state index < -0.39 is 0 Å². The molecule has 0 radical (unpaired) electrons. The van der Waals surface area contributed by atoms with Crippen molar-refractivity contribution in [2.24, 2.45) is 0 Å². The maximum absolute atomic E-state index is 2.52. The van der Waals surface area contributed by atoms with Crippen LogP contribution in [0.1, 0.15) is 150 Å². The molecule has 0 aliphatic heterocycles. The molecule has 0 saturated carbocycles. The van der Waals surface area contributed by atoms with Gasteiger partial charge < -0.3 is 0 Å². The third-order valence-corrected chi connectivity index (χ3v) is 6.65. The van der Waals surface area contributed by atoms with E-state index >= 15 is 0 Å². The van der Waals surface area contributed by atoms with Crippen LogP contribution in [-0.2, 0) is 19.3 Å². The SMILES string of the molecule is CCCc1c(C(C)C)cc(Cc2cc(C(C)C)c(CCC)c(C(C)C)c2)cc1C(C)C. The molecule has 172 valence electrons. The van der Waals surface area contributed by atoms with Gasteiger partial charge in [0.2, 0.25) is 0 Å². The van der Waals surface area contributed by atoms with Crippen LogP contribution >= 0.6 is 0 Å². The Morgan fingerprint density at radius 1 is 0.484 bits per heavy atom. The van der Waals surface area contributed by atoms with Crippen LogP contribution in [0, 0.1) is 0 Å². The van der Waals surface area contributed by atoms with Gasteiger partial charge in [-0.1, -0.05) is 106 Å². The first-order valence-electron chi connectivity index (χ1n) is 12.9. The lowest BCUT2D eigenvalue weighted by Gasteiger charge is -2.23. The lowest BCUT2D eigenvalue weighted by molar-refractivity contribution is 0.769. The van der Waals surface area contributed by atoms with Gasteiger partial charge in [0.1, 0.15) is 0 Å². The lowest BCUT2D eigenvalue weighted by Crippen LogP contribution is -2.08. The molecule has 0 heterocycles. The minimum Gasteiger partial charge on any atom is -0.0651 e. The van der Waals surface area contributed by atoms with E-state index in [0.717, 1.165) is 6.42 Å². The molecule has 0 atom stereocenters. The predicted octanol–water partition coefficient (Wildman–Crippen LogP) is 9.68. The smallest absolute Gasteiger partial charge is 0.00254 e. The molecular weight excluding hydrogens is 372 g/mol. The van der Waals surface area contributed by atoms with Gasteiger partial charge in [0, 0.05) is 0 Å². The Bertz CT molecular complexity index is 719. The Morgan fingerprint density at radius 2 is 0.742 bits per heavy atom. The summed E-state index contributed by atoms with van der Waals surface area (Å²) < 4.78 is 0. The summed E-state index contributed by atoms with van der Waals surface area (Å²) in [5, 5.41) is 0. The molecule has 0 heteroatoms. The quantitative estimate of drug-likeness (QED) is 0.359. The zero-order valence-corrected chi connectivity index (χ0v) is 22.2. The molecule has 0 aliphatic carbocycles. The summed E-state index contributed by atoms with van der Waals surface area (Å²) in [5.74, 6) is 2.29. The van der Waals surface area contributed by atoms with Crippen molar-refractivity contribution in [3.05, 3.63) is 68.8 Å². The summed E-state index contributed by atoms with van der Waals surface area (Å²) in [6.45, 7) is 23.5. The van der Waals surface area contributed by atoms with Crippen molar-refractivity contribution in [3.63, 3.8) is 0 Å². The van der Waals surface area contributed by atoms with Gasteiger partial charge in [0.25, 0.3) is 0 Å². The van der Waals surface area contributed by atoms with Gasteiger partial charge >= 0.3 is 0 Å². The summed E-state index contributed by atoms with van der Waals surface area (Å²) in [7, 11) is 0. The molecule has 0 saturated heterocycles. The molecule has 0 aromatic heterocycles. The van der Waals surface area contributed by atoms with Crippen LogP contribution in [0.3, 0.4) is 0 Å². The summed E-state index contributed by atoms with van der Waals surface area (Å²) in [5.41, 5.74) is 12.5. The zero-order valence-electron chi connectivity index (χ0n) is 22.2. The van der Waals surface area contributed by atoms with Gasteiger partial charge in [-0.05, 0) is 87.4 Å². The van der Waals surface area contributed by atoms with Crippen LogP contribution < -0.4 is 0 Å². The fraction of sp³-hybridized carbons (Fsp3) is 0.613. The van der Waals surface area contributed by atoms with E-state index in [4.69, 9.17) is 0 Å². The van der Waals surface area contributed by atoms with E-state index in [1.807, 2.05) is 0 Å². The first-order chi connectivity index (χ1) is 14.6. The van der Waals surface area contributed by atoms with Crippen molar-refractivity contribution in [3.8, 4) is 0 Å². The minimum absolute atomic E-state index is 0.573. The highest BCUT2D eigenvalue weighted by atomic mass is 14.2. The molecule has 2 aromatic rings. The molecule has 31 heavy (non-hydrogen) atoms. The number of benzene rings is 2. The fourth-order valence-corrected chi connectivity index (χ4v) is 5.14.